The maximum absolute atomic E-state index is 12.3. The minimum atomic E-state index is -1.86. The first-order chi connectivity index (χ1) is 2.94. The van der Waals surface area contributed by atoms with Crippen LogP contribution < -0.4 is 0 Å². The van der Waals surface area contributed by atoms with E-state index in [1.54, 1.807) is 6.55 Å². The van der Waals surface area contributed by atoms with Crippen molar-refractivity contribution in [2.24, 2.45) is 0 Å². The molecule has 0 rings (SSSR count). The van der Waals surface area contributed by atoms with E-state index in [1.807, 2.05) is 20.8 Å². The van der Waals surface area contributed by atoms with E-state index in [4.69, 9.17) is 0 Å². The van der Waals surface area contributed by atoms with Gasteiger partial charge in [-0.25, -0.2) is 0 Å². The molecule has 0 amide bonds. The van der Waals surface area contributed by atoms with Gasteiger partial charge in [0.1, 0.15) is 0 Å². The van der Waals surface area contributed by atoms with Crippen molar-refractivity contribution < 1.29 is 4.11 Å². The predicted molar refractivity (Wildman–Crippen MR) is 33.8 cm³/mol. The van der Waals surface area contributed by atoms with Crippen molar-refractivity contribution >= 4 is 9.13 Å². The van der Waals surface area contributed by atoms with E-state index in [9.17, 15) is 4.11 Å². The summed E-state index contributed by atoms with van der Waals surface area (Å²) in [5, 5.41) is -0.0278. The van der Waals surface area contributed by atoms with Crippen LogP contribution in [0.25, 0.3) is 0 Å². The lowest BCUT2D eigenvalue weighted by Gasteiger charge is -2.16. The maximum Gasteiger partial charge on any atom is 0.234 e. The molecule has 7 heavy (non-hydrogen) atoms. The van der Waals surface area contributed by atoms with E-state index in [0.29, 0.717) is 0 Å². The number of hydrogen-bond donors (Lipinski definition) is 0. The molecule has 0 heterocycles. The predicted octanol–water partition coefficient (Wildman–Crippen LogP) is 2.11. The lowest BCUT2D eigenvalue weighted by molar-refractivity contribution is 0.655. The maximum atomic E-state index is 12.3. The summed E-state index contributed by atoms with van der Waals surface area (Å²) >= 11 is 0. The highest BCUT2D eigenvalue weighted by Gasteiger charge is 2.20. The topological polar surface area (TPSA) is 0 Å². The molecule has 0 radical (unpaired) electrons. The zero-order chi connectivity index (χ0) is 6.08. The van der Waals surface area contributed by atoms with E-state index in [0.717, 1.165) is 0 Å². The summed E-state index contributed by atoms with van der Waals surface area (Å²) in [6.45, 7) is 7.57. The molecule has 0 fully saturated rings. The van der Waals surface area contributed by atoms with Gasteiger partial charge in [-0.15, -0.1) is 0 Å². The number of halogens is 1. The minimum Gasteiger partial charge on any atom is -0.318 e. The second kappa shape index (κ2) is 1.95. The summed E-state index contributed by atoms with van der Waals surface area (Å²) in [6.07, 6.45) is 0. The second-order valence-electron chi connectivity index (χ2n) is 2.98. The average Bonchev–Trinajstić information content (AvgIpc) is 1.31. The highest BCUT2D eigenvalue weighted by Crippen LogP contribution is 2.26. The average molecular weight is 120 g/mol. The summed E-state index contributed by atoms with van der Waals surface area (Å²) in [5.41, 5.74) is 0. The second-order valence-corrected chi connectivity index (χ2v) is 5.95. The Hall–Kier alpha value is 0.147. The first-order valence-electron chi connectivity index (χ1n) is 2.58. The third-order valence-corrected chi connectivity index (χ3v) is 3.58. The molecule has 0 N–H and O–H groups in total. The first-order valence-corrected chi connectivity index (χ1v) is 4.75. The van der Waals surface area contributed by atoms with Crippen LogP contribution >= 0.6 is 0 Å². The molecule has 0 aromatic carbocycles. The van der Waals surface area contributed by atoms with Crippen LogP contribution in [-0.2, 0) is 0 Å². The van der Waals surface area contributed by atoms with Crippen molar-refractivity contribution in [2.45, 2.75) is 32.4 Å². The third-order valence-electron chi connectivity index (χ3n) is 1.19. The Morgan fingerprint density at radius 2 is 1.43 bits per heavy atom. The van der Waals surface area contributed by atoms with Gasteiger partial charge in [0, 0.05) is 0 Å². The lowest BCUT2D eigenvalue weighted by atomic mass is 10.3. The van der Waals surface area contributed by atoms with Gasteiger partial charge < -0.3 is 4.11 Å². The standard InChI is InChI=1S/C5H13FSi/c1-5(2,3)7(4)6/h7H,1-4H3. The smallest absolute Gasteiger partial charge is 0.234 e. The zero-order valence-corrected chi connectivity index (χ0v) is 6.61. The quantitative estimate of drug-likeness (QED) is 0.339. The SMILES string of the molecule is C[SiH](F)C(C)(C)C. The molecule has 0 aliphatic rings. The summed E-state index contributed by atoms with van der Waals surface area (Å²) in [7, 11) is -1.86. The molecule has 1 atom stereocenters. The molecule has 44 valence electrons. The van der Waals surface area contributed by atoms with Gasteiger partial charge in [0.15, 0.2) is 0 Å². The van der Waals surface area contributed by atoms with Crippen molar-refractivity contribution in [3.8, 4) is 0 Å². The molecule has 0 saturated carbocycles. The highest BCUT2D eigenvalue weighted by molar-refractivity contribution is 6.52. The largest absolute Gasteiger partial charge is 0.318 e. The van der Waals surface area contributed by atoms with Crippen LogP contribution in [0.5, 0.6) is 0 Å². The van der Waals surface area contributed by atoms with Crippen molar-refractivity contribution in [3.63, 3.8) is 0 Å². The number of hydrogen-bond acceptors (Lipinski definition) is 0. The molecular weight excluding hydrogens is 107 g/mol. The fourth-order valence-corrected chi connectivity index (χ4v) is 0. The van der Waals surface area contributed by atoms with Gasteiger partial charge in [0.05, 0.1) is 0 Å². The van der Waals surface area contributed by atoms with Crippen molar-refractivity contribution in [3.05, 3.63) is 0 Å². The Morgan fingerprint density at radius 1 is 1.29 bits per heavy atom. The molecule has 0 bridgehead atoms. The third kappa shape index (κ3) is 2.80. The summed E-state index contributed by atoms with van der Waals surface area (Å²) in [6, 6.07) is 0. The number of rotatable bonds is 0. The Labute approximate surface area is 46.5 Å². The molecule has 0 spiro atoms. The van der Waals surface area contributed by atoms with Crippen LogP contribution in [0.2, 0.25) is 11.6 Å². The normalized spacial score (nSPS) is 16.7. The summed E-state index contributed by atoms with van der Waals surface area (Å²) in [5.74, 6) is 0. The van der Waals surface area contributed by atoms with Gasteiger partial charge in [-0.1, -0.05) is 20.8 Å². The Bertz CT molecular complexity index is 53.6. The lowest BCUT2D eigenvalue weighted by Crippen LogP contribution is -2.14. The van der Waals surface area contributed by atoms with E-state index in [-0.39, 0.29) is 5.04 Å². The molecule has 0 aromatic rings. The molecule has 0 aliphatic carbocycles. The monoisotopic (exact) mass is 120 g/mol. The fraction of sp³-hybridized carbons (Fsp3) is 1.00. The van der Waals surface area contributed by atoms with E-state index in [1.165, 1.54) is 0 Å². The van der Waals surface area contributed by atoms with Gasteiger partial charge in [-0.05, 0) is 11.6 Å². The molecule has 0 aromatic heterocycles. The van der Waals surface area contributed by atoms with Gasteiger partial charge in [-0.3, -0.25) is 0 Å². The Balaban J connectivity index is 3.54. The van der Waals surface area contributed by atoms with Crippen LogP contribution in [0, 0.1) is 0 Å². The van der Waals surface area contributed by atoms with E-state index >= 15 is 0 Å². The van der Waals surface area contributed by atoms with Gasteiger partial charge in [-0.2, -0.15) is 0 Å². The highest BCUT2D eigenvalue weighted by atomic mass is 28.3. The summed E-state index contributed by atoms with van der Waals surface area (Å²) in [4.78, 5) is 0. The first kappa shape index (κ1) is 7.15. The molecular formula is C5H13FSi. The van der Waals surface area contributed by atoms with Crippen LogP contribution in [0.15, 0.2) is 0 Å². The molecule has 0 saturated heterocycles. The Kier molecular flexibility index (Phi) is 1.99. The minimum absolute atomic E-state index is 0.0278. The van der Waals surface area contributed by atoms with Crippen molar-refractivity contribution in [1.82, 2.24) is 0 Å². The zero-order valence-electron chi connectivity index (χ0n) is 5.46. The van der Waals surface area contributed by atoms with Crippen molar-refractivity contribution in [2.75, 3.05) is 0 Å². The van der Waals surface area contributed by atoms with Crippen LogP contribution in [-0.4, -0.2) is 9.13 Å². The van der Waals surface area contributed by atoms with Crippen LogP contribution in [0.1, 0.15) is 20.8 Å². The molecule has 1 unspecified atom stereocenters. The summed E-state index contributed by atoms with van der Waals surface area (Å²) < 4.78 is 12.3. The van der Waals surface area contributed by atoms with Gasteiger partial charge in [0.25, 0.3) is 0 Å². The molecule has 0 nitrogen and oxygen atoms in total. The van der Waals surface area contributed by atoms with Crippen LogP contribution in [0.3, 0.4) is 0 Å². The molecule has 0 aliphatic heterocycles. The van der Waals surface area contributed by atoms with Crippen LogP contribution in [0.4, 0.5) is 4.11 Å². The van der Waals surface area contributed by atoms with E-state index in [2.05, 4.69) is 0 Å². The van der Waals surface area contributed by atoms with Crippen molar-refractivity contribution in [1.29, 1.82) is 0 Å². The molecule has 2 heteroatoms. The van der Waals surface area contributed by atoms with Gasteiger partial charge >= 0.3 is 0 Å². The van der Waals surface area contributed by atoms with E-state index < -0.39 is 9.13 Å². The Morgan fingerprint density at radius 3 is 1.43 bits per heavy atom. The van der Waals surface area contributed by atoms with Gasteiger partial charge in [0.2, 0.25) is 9.13 Å². The fourth-order valence-electron chi connectivity index (χ4n) is 0.